The van der Waals surface area contributed by atoms with E-state index in [0.29, 0.717) is 18.3 Å². The molecule has 0 aliphatic heterocycles. The van der Waals surface area contributed by atoms with Gasteiger partial charge < -0.3 is 5.11 Å². The molecule has 0 saturated heterocycles. The predicted molar refractivity (Wildman–Crippen MR) is 56.5 cm³/mol. The van der Waals surface area contributed by atoms with E-state index in [1.54, 1.807) is 0 Å². The minimum Gasteiger partial charge on any atom is -0.393 e. The molecular weight excluding hydrogens is 174 g/mol. The number of rotatable bonds is 1. The molecule has 0 aromatic carbocycles. The van der Waals surface area contributed by atoms with Crippen LogP contribution in [0.2, 0.25) is 0 Å². The molecule has 0 unspecified atom stereocenters. The minimum atomic E-state index is -0.206. The van der Waals surface area contributed by atoms with Gasteiger partial charge in [0, 0.05) is 6.42 Å². The van der Waals surface area contributed by atoms with Crippen LogP contribution in [0.4, 0.5) is 0 Å². The van der Waals surface area contributed by atoms with Gasteiger partial charge in [0.15, 0.2) is 0 Å². The second-order valence-corrected chi connectivity index (χ2v) is 5.58. The van der Waals surface area contributed by atoms with Gasteiger partial charge >= 0.3 is 0 Å². The lowest BCUT2D eigenvalue weighted by Gasteiger charge is -2.40. The lowest BCUT2D eigenvalue weighted by molar-refractivity contribution is -0.00778. The van der Waals surface area contributed by atoms with Gasteiger partial charge in [0.1, 0.15) is 0 Å². The first kappa shape index (κ1) is 11.5. The molecule has 0 amide bonds. The topological polar surface area (TPSA) is 44.0 Å². The van der Waals surface area contributed by atoms with Crippen molar-refractivity contribution >= 4 is 0 Å². The van der Waals surface area contributed by atoms with Crippen LogP contribution in [0.3, 0.4) is 0 Å². The lowest BCUT2D eigenvalue weighted by atomic mass is 9.68. The van der Waals surface area contributed by atoms with Crippen molar-refractivity contribution in [2.75, 3.05) is 0 Å². The smallest absolute Gasteiger partial charge is 0.0624 e. The second kappa shape index (κ2) is 4.31. The Morgan fingerprint density at radius 2 is 2.00 bits per heavy atom. The predicted octanol–water partition coefficient (Wildman–Crippen LogP) is 2.72. The zero-order valence-electron chi connectivity index (χ0n) is 9.45. The molecule has 1 rings (SSSR count). The average molecular weight is 195 g/mol. The van der Waals surface area contributed by atoms with Crippen LogP contribution in [0, 0.1) is 28.6 Å². The molecule has 0 bridgehead atoms. The van der Waals surface area contributed by atoms with Gasteiger partial charge in [0.2, 0.25) is 0 Å². The van der Waals surface area contributed by atoms with Crippen LogP contribution in [-0.2, 0) is 0 Å². The van der Waals surface area contributed by atoms with Crippen LogP contribution in [-0.4, -0.2) is 11.2 Å². The van der Waals surface area contributed by atoms with Crippen molar-refractivity contribution < 1.29 is 5.11 Å². The number of nitrogens with zero attached hydrogens (tertiary/aromatic N) is 1. The SMILES string of the molecule is CC(C)(C)[C@@H]1CC[C@H](CC#N)C[C@@H]1O. The van der Waals surface area contributed by atoms with Gasteiger partial charge in [0.05, 0.1) is 12.2 Å². The maximum Gasteiger partial charge on any atom is 0.0624 e. The van der Waals surface area contributed by atoms with E-state index in [2.05, 4.69) is 26.8 Å². The summed E-state index contributed by atoms with van der Waals surface area (Å²) in [4.78, 5) is 0. The van der Waals surface area contributed by atoms with E-state index >= 15 is 0 Å². The molecule has 1 N–H and O–H groups in total. The summed E-state index contributed by atoms with van der Waals surface area (Å²) >= 11 is 0. The number of hydrogen-bond acceptors (Lipinski definition) is 2. The van der Waals surface area contributed by atoms with Crippen molar-refractivity contribution in [2.45, 2.75) is 52.6 Å². The van der Waals surface area contributed by atoms with Gasteiger partial charge in [-0.2, -0.15) is 5.26 Å². The lowest BCUT2D eigenvalue weighted by Crippen LogP contribution is -2.37. The standard InChI is InChI=1S/C12H21NO/c1-12(2,3)10-5-4-9(6-7-13)8-11(10)14/h9-11,14H,4-6,8H2,1-3H3/t9-,10-,11+/m1/s1. The maximum atomic E-state index is 9.99. The number of nitriles is 1. The second-order valence-electron chi connectivity index (χ2n) is 5.58. The zero-order chi connectivity index (χ0) is 10.8. The van der Waals surface area contributed by atoms with Crippen LogP contribution < -0.4 is 0 Å². The maximum absolute atomic E-state index is 9.99. The summed E-state index contributed by atoms with van der Waals surface area (Å²) in [5, 5.41) is 18.6. The molecule has 2 nitrogen and oxygen atoms in total. The summed E-state index contributed by atoms with van der Waals surface area (Å²) in [6.07, 6.45) is 3.38. The summed E-state index contributed by atoms with van der Waals surface area (Å²) in [7, 11) is 0. The van der Waals surface area contributed by atoms with Crippen molar-refractivity contribution in [3.05, 3.63) is 0 Å². The van der Waals surface area contributed by atoms with Gasteiger partial charge in [-0.25, -0.2) is 0 Å². The monoisotopic (exact) mass is 195 g/mol. The molecule has 3 atom stereocenters. The van der Waals surface area contributed by atoms with Crippen LogP contribution in [0.15, 0.2) is 0 Å². The largest absolute Gasteiger partial charge is 0.393 e. The summed E-state index contributed by atoms with van der Waals surface area (Å²) in [6.45, 7) is 6.56. The van der Waals surface area contributed by atoms with E-state index in [9.17, 15) is 5.11 Å². The molecule has 1 fully saturated rings. The first-order valence-corrected chi connectivity index (χ1v) is 5.50. The van der Waals surface area contributed by atoms with Gasteiger partial charge in [-0.15, -0.1) is 0 Å². The Labute approximate surface area is 86.9 Å². The van der Waals surface area contributed by atoms with Crippen molar-refractivity contribution in [3.8, 4) is 6.07 Å². The molecule has 0 heterocycles. The number of aliphatic hydroxyl groups excluding tert-OH is 1. The molecule has 0 radical (unpaired) electrons. The highest BCUT2D eigenvalue weighted by Crippen LogP contribution is 2.40. The highest BCUT2D eigenvalue weighted by atomic mass is 16.3. The molecule has 0 aromatic heterocycles. The zero-order valence-corrected chi connectivity index (χ0v) is 9.45. The Morgan fingerprint density at radius 1 is 1.36 bits per heavy atom. The van der Waals surface area contributed by atoms with Gasteiger partial charge in [-0.05, 0) is 36.5 Å². The van der Waals surface area contributed by atoms with Crippen LogP contribution in [0.1, 0.15) is 46.5 Å². The highest BCUT2D eigenvalue weighted by Gasteiger charge is 2.36. The third kappa shape index (κ3) is 2.72. The molecule has 2 heteroatoms. The third-order valence-electron chi connectivity index (χ3n) is 3.42. The van der Waals surface area contributed by atoms with E-state index in [-0.39, 0.29) is 11.5 Å². The first-order chi connectivity index (χ1) is 6.45. The van der Waals surface area contributed by atoms with Crippen molar-refractivity contribution in [2.24, 2.45) is 17.3 Å². The van der Waals surface area contributed by atoms with Crippen LogP contribution in [0.5, 0.6) is 0 Å². The Bertz CT molecular complexity index is 223. The quantitative estimate of drug-likeness (QED) is 0.699. The highest BCUT2D eigenvalue weighted by molar-refractivity contribution is 4.89. The Balaban J connectivity index is 2.53. The molecule has 0 spiro atoms. The Kier molecular flexibility index (Phi) is 3.55. The van der Waals surface area contributed by atoms with Crippen molar-refractivity contribution in [1.82, 2.24) is 0 Å². The first-order valence-electron chi connectivity index (χ1n) is 5.50. The molecule has 14 heavy (non-hydrogen) atoms. The molecule has 80 valence electrons. The Morgan fingerprint density at radius 3 is 2.43 bits per heavy atom. The molecular formula is C12H21NO. The molecule has 1 saturated carbocycles. The van der Waals surface area contributed by atoms with E-state index in [4.69, 9.17) is 5.26 Å². The van der Waals surface area contributed by atoms with E-state index < -0.39 is 0 Å². The number of hydrogen-bond donors (Lipinski definition) is 1. The fourth-order valence-electron chi connectivity index (χ4n) is 2.56. The van der Waals surface area contributed by atoms with Gasteiger partial charge in [-0.3, -0.25) is 0 Å². The summed E-state index contributed by atoms with van der Waals surface area (Å²) in [6, 6.07) is 2.20. The third-order valence-corrected chi connectivity index (χ3v) is 3.42. The van der Waals surface area contributed by atoms with Crippen molar-refractivity contribution in [3.63, 3.8) is 0 Å². The Hall–Kier alpha value is -0.550. The van der Waals surface area contributed by atoms with E-state index in [1.165, 1.54) is 0 Å². The van der Waals surface area contributed by atoms with Crippen LogP contribution >= 0.6 is 0 Å². The molecule has 0 aromatic rings. The van der Waals surface area contributed by atoms with Crippen molar-refractivity contribution in [1.29, 1.82) is 5.26 Å². The van der Waals surface area contributed by atoms with E-state index in [0.717, 1.165) is 19.3 Å². The number of aliphatic hydroxyl groups is 1. The fraction of sp³-hybridized carbons (Fsp3) is 0.917. The molecule has 1 aliphatic rings. The summed E-state index contributed by atoms with van der Waals surface area (Å²) < 4.78 is 0. The average Bonchev–Trinajstić information content (AvgIpc) is 2.02. The van der Waals surface area contributed by atoms with Crippen LogP contribution in [0.25, 0.3) is 0 Å². The summed E-state index contributed by atoms with van der Waals surface area (Å²) in [5.74, 6) is 0.825. The normalized spacial score (nSPS) is 33.8. The minimum absolute atomic E-state index is 0.191. The van der Waals surface area contributed by atoms with Gasteiger partial charge in [-0.1, -0.05) is 20.8 Å². The summed E-state index contributed by atoms with van der Waals surface area (Å²) in [5.41, 5.74) is 0.191. The van der Waals surface area contributed by atoms with E-state index in [1.807, 2.05) is 0 Å². The molecule has 1 aliphatic carbocycles. The fourth-order valence-corrected chi connectivity index (χ4v) is 2.56. The van der Waals surface area contributed by atoms with Gasteiger partial charge in [0.25, 0.3) is 0 Å².